The lowest BCUT2D eigenvalue weighted by atomic mass is 9.99. The second-order valence-corrected chi connectivity index (χ2v) is 10.7. The first-order chi connectivity index (χ1) is 18.6. The fourth-order valence-corrected chi connectivity index (χ4v) is 5.08. The van der Waals surface area contributed by atoms with Gasteiger partial charge in [0.1, 0.15) is 5.82 Å². The Bertz CT molecular complexity index is 1850. The Labute approximate surface area is 223 Å². The summed E-state index contributed by atoms with van der Waals surface area (Å²) in [5, 5.41) is 10.0. The maximum Gasteiger partial charge on any atom is 0.315 e. The number of carbonyl (C=O) groups excluding carboxylic acids is 2. The summed E-state index contributed by atoms with van der Waals surface area (Å²) in [4.78, 5) is 33.5. The number of pyridine rings is 2. The number of amides is 2. The zero-order valence-electron chi connectivity index (χ0n) is 20.9. The number of hydrogen-bond acceptors (Lipinski definition) is 8. The van der Waals surface area contributed by atoms with Gasteiger partial charge in [0.15, 0.2) is 0 Å². The van der Waals surface area contributed by atoms with Crippen LogP contribution < -0.4 is 16.4 Å². The van der Waals surface area contributed by atoms with E-state index in [1.54, 1.807) is 30.6 Å². The predicted octanol–water partition coefficient (Wildman–Crippen LogP) is 3.51. The average Bonchev–Trinajstić information content (AvgIpc) is 3.38. The topological polar surface area (TPSA) is 162 Å². The van der Waals surface area contributed by atoms with Gasteiger partial charge in [0.25, 0.3) is 10.0 Å². The van der Waals surface area contributed by atoms with Gasteiger partial charge >= 0.3 is 11.8 Å². The van der Waals surface area contributed by atoms with E-state index in [-0.39, 0.29) is 16.4 Å². The summed E-state index contributed by atoms with van der Waals surface area (Å²) in [6, 6.07) is 13.5. The van der Waals surface area contributed by atoms with Gasteiger partial charge in [-0.25, -0.2) is 4.98 Å². The zero-order chi connectivity index (χ0) is 27.7. The van der Waals surface area contributed by atoms with E-state index in [1.165, 1.54) is 18.3 Å². The van der Waals surface area contributed by atoms with Crippen LogP contribution >= 0.6 is 0 Å². The van der Waals surface area contributed by atoms with E-state index in [0.29, 0.717) is 16.5 Å². The predicted molar refractivity (Wildman–Crippen MR) is 147 cm³/mol. The quantitative estimate of drug-likeness (QED) is 0.225. The van der Waals surface area contributed by atoms with Crippen LogP contribution in [-0.2, 0) is 19.6 Å². The van der Waals surface area contributed by atoms with Crippen LogP contribution in [0.15, 0.2) is 84.4 Å². The molecule has 3 aromatic heterocycles. The van der Waals surface area contributed by atoms with Crippen molar-refractivity contribution in [3.8, 4) is 11.1 Å². The molecule has 0 saturated heterocycles. The van der Waals surface area contributed by atoms with Gasteiger partial charge in [-0.1, -0.05) is 17.7 Å². The maximum atomic E-state index is 12.8. The molecule has 12 heteroatoms. The Hall–Kier alpha value is -5.10. The van der Waals surface area contributed by atoms with Gasteiger partial charge in [0, 0.05) is 35.2 Å². The minimum atomic E-state index is -3.96. The molecule has 5 rings (SSSR count). The number of anilines is 3. The molecule has 196 valence electrons. The van der Waals surface area contributed by atoms with Crippen molar-refractivity contribution in [2.75, 3.05) is 16.4 Å². The summed E-state index contributed by atoms with van der Waals surface area (Å²) in [6.07, 6.45) is 7.21. The summed E-state index contributed by atoms with van der Waals surface area (Å²) >= 11 is 0. The standard InChI is InChI=1S/C27H23N7O4S/c1-16-3-5-21(6-4-16)39(37,38)34-15-20(12-31-34)32-26(35)27(36)33-25-11-19-9-18(10-24(28)23(19)14-30-25)22-13-29-8-7-17(22)2/h3-15H,28H2,1-2H3,(H,32,35)(H,30,33,36). The molecule has 0 atom stereocenters. The smallest absolute Gasteiger partial charge is 0.315 e. The van der Waals surface area contributed by atoms with Crippen molar-refractivity contribution in [1.82, 2.24) is 19.2 Å². The van der Waals surface area contributed by atoms with Crippen molar-refractivity contribution in [2.24, 2.45) is 0 Å². The second-order valence-electron chi connectivity index (χ2n) is 8.87. The van der Waals surface area contributed by atoms with Crippen molar-refractivity contribution in [1.29, 1.82) is 0 Å². The third-order valence-corrected chi connectivity index (χ3v) is 7.61. The number of aromatic nitrogens is 4. The van der Waals surface area contributed by atoms with Crippen LogP contribution in [0.1, 0.15) is 11.1 Å². The van der Waals surface area contributed by atoms with Crippen molar-refractivity contribution in [3.63, 3.8) is 0 Å². The Morgan fingerprint density at radius 2 is 1.67 bits per heavy atom. The molecule has 11 nitrogen and oxygen atoms in total. The van der Waals surface area contributed by atoms with Crippen LogP contribution in [-0.4, -0.2) is 39.4 Å². The van der Waals surface area contributed by atoms with Crippen molar-refractivity contribution < 1.29 is 18.0 Å². The average molecular weight is 542 g/mol. The molecule has 0 spiro atoms. The first kappa shape index (κ1) is 25.5. The number of nitrogens with one attached hydrogen (secondary N) is 2. The van der Waals surface area contributed by atoms with Gasteiger partial charge in [-0.05, 0) is 66.8 Å². The number of nitrogens with two attached hydrogens (primary N) is 1. The fourth-order valence-electron chi connectivity index (χ4n) is 3.96. The Balaban J connectivity index is 1.32. The molecule has 0 saturated carbocycles. The lowest BCUT2D eigenvalue weighted by Crippen LogP contribution is -2.29. The van der Waals surface area contributed by atoms with Gasteiger partial charge in [-0.2, -0.15) is 17.6 Å². The largest absolute Gasteiger partial charge is 0.398 e. The molecular formula is C27H23N7O4S. The number of hydrogen-bond donors (Lipinski definition) is 3. The lowest BCUT2D eigenvalue weighted by Gasteiger charge is -2.11. The zero-order valence-corrected chi connectivity index (χ0v) is 21.7. The van der Waals surface area contributed by atoms with E-state index in [0.717, 1.165) is 38.7 Å². The van der Waals surface area contributed by atoms with Gasteiger partial charge < -0.3 is 16.4 Å². The molecule has 0 aliphatic heterocycles. The number of nitrogens with zero attached hydrogens (tertiary/aromatic N) is 4. The minimum Gasteiger partial charge on any atom is -0.398 e. The van der Waals surface area contributed by atoms with E-state index < -0.39 is 21.8 Å². The third kappa shape index (κ3) is 5.18. The van der Waals surface area contributed by atoms with E-state index in [2.05, 4.69) is 25.7 Å². The highest BCUT2D eigenvalue weighted by Gasteiger charge is 2.20. The molecule has 0 aliphatic rings. The van der Waals surface area contributed by atoms with Crippen LogP contribution in [0, 0.1) is 13.8 Å². The number of fused-ring (bicyclic) bond motifs is 1. The molecule has 39 heavy (non-hydrogen) atoms. The Morgan fingerprint density at radius 3 is 2.41 bits per heavy atom. The maximum absolute atomic E-state index is 12.8. The molecule has 0 unspecified atom stereocenters. The Morgan fingerprint density at radius 1 is 0.923 bits per heavy atom. The third-order valence-electron chi connectivity index (χ3n) is 6.05. The summed E-state index contributed by atoms with van der Waals surface area (Å²) in [6.45, 7) is 3.81. The van der Waals surface area contributed by atoms with E-state index >= 15 is 0 Å². The van der Waals surface area contributed by atoms with Crippen molar-refractivity contribution >= 4 is 49.8 Å². The molecule has 0 aliphatic carbocycles. The number of benzene rings is 2. The number of aryl methyl sites for hydroxylation is 2. The van der Waals surface area contributed by atoms with E-state index in [4.69, 9.17) is 5.73 Å². The highest BCUT2D eigenvalue weighted by Crippen LogP contribution is 2.31. The minimum absolute atomic E-state index is 0.0292. The van der Waals surface area contributed by atoms with Gasteiger partial charge in [0.2, 0.25) is 0 Å². The highest BCUT2D eigenvalue weighted by atomic mass is 32.2. The second kappa shape index (κ2) is 9.99. The van der Waals surface area contributed by atoms with Crippen molar-refractivity contribution in [3.05, 3.63) is 90.6 Å². The van der Waals surface area contributed by atoms with Gasteiger partial charge in [-0.15, -0.1) is 0 Å². The molecular weight excluding hydrogens is 518 g/mol. The summed E-state index contributed by atoms with van der Waals surface area (Å²) in [5.74, 6) is -1.88. The molecule has 4 N–H and O–H groups in total. The summed E-state index contributed by atoms with van der Waals surface area (Å²) < 4.78 is 26.3. The van der Waals surface area contributed by atoms with Crippen molar-refractivity contribution in [2.45, 2.75) is 18.7 Å². The van der Waals surface area contributed by atoms with E-state index in [1.807, 2.05) is 32.0 Å². The Kier molecular flexibility index (Phi) is 6.54. The van der Waals surface area contributed by atoms with Crippen LogP contribution in [0.2, 0.25) is 0 Å². The molecule has 0 fully saturated rings. The molecule has 0 radical (unpaired) electrons. The lowest BCUT2D eigenvalue weighted by molar-refractivity contribution is -0.133. The normalized spacial score (nSPS) is 11.3. The summed E-state index contributed by atoms with van der Waals surface area (Å²) in [7, 11) is -3.96. The summed E-state index contributed by atoms with van der Waals surface area (Å²) in [5.41, 5.74) is 10.5. The van der Waals surface area contributed by atoms with Gasteiger partial charge in [0.05, 0.1) is 23.0 Å². The molecule has 5 aromatic rings. The first-order valence-corrected chi connectivity index (χ1v) is 13.2. The molecule has 2 amide bonds. The van der Waals surface area contributed by atoms with Crippen LogP contribution in [0.25, 0.3) is 21.9 Å². The number of rotatable bonds is 5. The fraction of sp³-hybridized carbons (Fsp3) is 0.0741. The number of nitrogen functional groups attached to an aromatic ring is 1. The van der Waals surface area contributed by atoms with Crippen LogP contribution in [0.3, 0.4) is 0 Å². The molecule has 2 aromatic carbocycles. The SMILES string of the molecule is Cc1ccc(S(=O)(=O)n2cc(NC(=O)C(=O)Nc3cc4cc(-c5cnccc5C)cc(N)c4cn3)cn2)cc1. The highest BCUT2D eigenvalue weighted by molar-refractivity contribution is 7.89. The monoisotopic (exact) mass is 541 g/mol. The first-order valence-electron chi connectivity index (χ1n) is 11.7. The van der Waals surface area contributed by atoms with Crippen LogP contribution in [0.5, 0.6) is 0 Å². The molecule has 0 bridgehead atoms. The number of carbonyl (C=O) groups is 2. The van der Waals surface area contributed by atoms with Crippen LogP contribution in [0.4, 0.5) is 17.2 Å². The molecule has 3 heterocycles. The van der Waals surface area contributed by atoms with Gasteiger partial charge in [-0.3, -0.25) is 14.6 Å². The van der Waals surface area contributed by atoms with E-state index in [9.17, 15) is 18.0 Å².